The van der Waals surface area contributed by atoms with Crippen LogP contribution in [0, 0.1) is 5.41 Å². The van der Waals surface area contributed by atoms with Crippen LogP contribution in [-0.4, -0.2) is 33.2 Å². The molecule has 0 bridgehead atoms. The first kappa shape index (κ1) is 21.1. The fourth-order valence-corrected chi connectivity index (χ4v) is 2.76. The van der Waals surface area contributed by atoms with E-state index in [0.29, 0.717) is 6.54 Å². The smallest absolute Gasteiger partial charge is 0.256 e. The van der Waals surface area contributed by atoms with Crippen molar-refractivity contribution in [1.82, 2.24) is 15.1 Å². The van der Waals surface area contributed by atoms with Crippen LogP contribution in [0.25, 0.3) is 0 Å². The van der Waals surface area contributed by atoms with Gasteiger partial charge in [0.15, 0.2) is 11.6 Å². The summed E-state index contributed by atoms with van der Waals surface area (Å²) in [4.78, 5) is 24.9. The highest BCUT2D eigenvalue weighted by Gasteiger charge is 2.20. The first-order valence-corrected chi connectivity index (χ1v) is 9.05. The molecule has 0 spiro atoms. The number of phenolic OH excluding ortho intramolecular Hbond substituents is 1. The molecule has 0 atom stereocenters. The minimum atomic E-state index is -0.554. The molecule has 7 nitrogen and oxygen atoms in total. The Labute approximate surface area is 167 Å². The van der Waals surface area contributed by atoms with Crippen molar-refractivity contribution in [1.29, 1.82) is 0 Å². The second kappa shape index (κ2) is 8.19. The molecule has 27 heavy (non-hydrogen) atoms. The Balaban J connectivity index is 2.15. The van der Waals surface area contributed by atoms with Crippen molar-refractivity contribution in [3.05, 3.63) is 39.5 Å². The van der Waals surface area contributed by atoms with E-state index < -0.39 is 5.91 Å². The number of aromatic hydroxyl groups is 1. The van der Waals surface area contributed by atoms with Gasteiger partial charge in [0.25, 0.3) is 11.8 Å². The van der Waals surface area contributed by atoms with Gasteiger partial charge >= 0.3 is 0 Å². The molecule has 2 rings (SSSR count). The number of benzene rings is 1. The largest absolute Gasteiger partial charge is 0.505 e. The van der Waals surface area contributed by atoms with Gasteiger partial charge in [-0.15, -0.1) is 0 Å². The molecular weight excluding hydrogens is 391 g/mol. The zero-order valence-electron chi connectivity index (χ0n) is 15.6. The van der Waals surface area contributed by atoms with Crippen LogP contribution in [0.15, 0.2) is 18.3 Å². The lowest BCUT2D eigenvalue weighted by molar-refractivity contribution is 0.0950. The standard InChI is InChI=1S/C18H22Cl2N4O3/c1-18(2,3)5-6-21-17(27)11-9-24(4)23-15(11)22-16(26)10-7-12(19)14(25)13(20)8-10/h7-9,25H,5-6H2,1-4H3,(H,21,27)(H,22,23,26). The van der Waals surface area contributed by atoms with Crippen molar-refractivity contribution in [2.45, 2.75) is 27.2 Å². The fraction of sp³-hybridized carbons (Fsp3) is 0.389. The van der Waals surface area contributed by atoms with Gasteiger partial charge in [0.05, 0.1) is 10.0 Å². The highest BCUT2D eigenvalue weighted by atomic mass is 35.5. The molecule has 0 saturated heterocycles. The fourth-order valence-electron chi connectivity index (χ4n) is 2.27. The van der Waals surface area contributed by atoms with Gasteiger partial charge < -0.3 is 15.7 Å². The van der Waals surface area contributed by atoms with Crippen molar-refractivity contribution in [3.8, 4) is 5.75 Å². The highest BCUT2D eigenvalue weighted by molar-refractivity contribution is 6.37. The zero-order valence-corrected chi connectivity index (χ0v) is 17.1. The first-order valence-electron chi connectivity index (χ1n) is 8.29. The number of nitrogens with one attached hydrogen (secondary N) is 2. The summed E-state index contributed by atoms with van der Waals surface area (Å²) in [5.74, 6) is -1.06. The van der Waals surface area contributed by atoms with Crippen molar-refractivity contribution < 1.29 is 14.7 Å². The molecule has 9 heteroatoms. The van der Waals surface area contributed by atoms with Gasteiger partial charge in [-0.2, -0.15) is 5.10 Å². The summed E-state index contributed by atoms with van der Waals surface area (Å²) < 4.78 is 1.44. The number of phenols is 1. The second-order valence-corrected chi connectivity index (χ2v) is 8.19. The zero-order chi connectivity index (χ0) is 20.4. The average molecular weight is 413 g/mol. The number of amides is 2. The van der Waals surface area contributed by atoms with Crippen molar-refractivity contribution in [3.63, 3.8) is 0 Å². The summed E-state index contributed by atoms with van der Waals surface area (Å²) in [7, 11) is 1.65. The van der Waals surface area contributed by atoms with Crippen LogP contribution in [0.2, 0.25) is 10.0 Å². The molecule has 0 fully saturated rings. The number of carbonyl (C=O) groups is 2. The minimum Gasteiger partial charge on any atom is -0.505 e. The SMILES string of the molecule is Cn1cc(C(=O)NCCC(C)(C)C)c(NC(=O)c2cc(Cl)c(O)c(Cl)c2)n1. The second-order valence-electron chi connectivity index (χ2n) is 7.37. The minimum absolute atomic E-state index is 0.0474. The molecule has 2 aromatic rings. The predicted molar refractivity (Wildman–Crippen MR) is 106 cm³/mol. The lowest BCUT2D eigenvalue weighted by Gasteiger charge is -2.17. The summed E-state index contributed by atoms with van der Waals surface area (Å²) in [5, 5.41) is 19.0. The average Bonchev–Trinajstić information content (AvgIpc) is 2.91. The third-order valence-electron chi connectivity index (χ3n) is 3.74. The summed E-state index contributed by atoms with van der Waals surface area (Å²) in [6, 6.07) is 2.56. The van der Waals surface area contributed by atoms with E-state index >= 15 is 0 Å². The highest BCUT2D eigenvalue weighted by Crippen LogP contribution is 2.33. The van der Waals surface area contributed by atoms with Gasteiger partial charge in [-0.05, 0) is 24.0 Å². The van der Waals surface area contributed by atoms with E-state index in [1.54, 1.807) is 7.05 Å². The quantitative estimate of drug-likeness (QED) is 0.694. The molecule has 0 unspecified atom stereocenters. The van der Waals surface area contributed by atoms with Crippen LogP contribution < -0.4 is 10.6 Å². The molecule has 2 amide bonds. The van der Waals surface area contributed by atoms with E-state index in [9.17, 15) is 14.7 Å². The van der Waals surface area contributed by atoms with Crippen LogP contribution in [-0.2, 0) is 7.05 Å². The molecule has 1 aromatic heterocycles. The van der Waals surface area contributed by atoms with Crippen LogP contribution in [0.4, 0.5) is 5.82 Å². The predicted octanol–water partition coefficient (Wildman–Crippen LogP) is 3.85. The monoisotopic (exact) mass is 412 g/mol. The molecule has 1 aromatic carbocycles. The third-order valence-corrected chi connectivity index (χ3v) is 4.32. The van der Waals surface area contributed by atoms with Gasteiger partial charge in [-0.25, -0.2) is 0 Å². The van der Waals surface area contributed by atoms with Gasteiger partial charge in [0, 0.05) is 25.4 Å². The number of hydrogen-bond acceptors (Lipinski definition) is 4. The van der Waals surface area contributed by atoms with Gasteiger partial charge in [-0.1, -0.05) is 44.0 Å². The molecule has 3 N–H and O–H groups in total. The van der Waals surface area contributed by atoms with Gasteiger partial charge in [0.1, 0.15) is 5.56 Å². The van der Waals surface area contributed by atoms with Crippen LogP contribution >= 0.6 is 23.2 Å². The normalized spacial score (nSPS) is 11.3. The molecule has 1 heterocycles. The third kappa shape index (κ3) is 5.61. The van der Waals surface area contributed by atoms with Gasteiger partial charge in [-0.3, -0.25) is 14.3 Å². The maximum absolute atomic E-state index is 12.5. The Bertz CT molecular complexity index is 849. The Morgan fingerprint density at radius 3 is 2.33 bits per heavy atom. The maximum atomic E-state index is 12.5. The number of halogens is 2. The Kier molecular flexibility index (Phi) is 6.38. The summed E-state index contributed by atoms with van der Waals surface area (Å²) in [5.41, 5.74) is 0.472. The Morgan fingerprint density at radius 2 is 1.78 bits per heavy atom. The van der Waals surface area contributed by atoms with E-state index in [1.807, 2.05) is 0 Å². The van der Waals surface area contributed by atoms with Crippen LogP contribution in [0.5, 0.6) is 5.75 Å². The van der Waals surface area contributed by atoms with E-state index in [0.717, 1.165) is 6.42 Å². The number of carbonyl (C=O) groups excluding carboxylic acids is 2. The molecule has 0 aliphatic rings. The number of anilines is 1. The number of hydrogen-bond donors (Lipinski definition) is 3. The Hall–Kier alpha value is -2.25. The molecule has 0 aliphatic heterocycles. The van der Waals surface area contributed by atoms with Crippen molar-refractivity contribution in [2.24, 2.45) is 12.5 Å². The molecule has 0 radical (unpaired) electrons. The lowest BCUT2D eigenvalue weighted by atomic mass is 9.92. The number of aromatic nitrogens is 2. The lowest BCUT2D eigenvalue weighted by Crippen LogP contribution is -2.28. The van der Waals surface area contributed by atoms with E-state index in [1.165, 1.54) is 23.0 Å². The van der Waals surface area contributed by atoms with Crippen molar-refractivity contribution >= 4 is 40.8 Å². The van der Waals surface area contributed by atoms with Crippen molar-refractivity contribution in [2.75, 3.05) is 11.9 Å². The van der Waals surface area contributed by atoms with E-state index in [4.69, 9.17) is 23.2 Å². The summed E-state index contributed by atoms with van der Waals surface area (Å²) >= 11 is 11.7. The number of nitrogens with zero attached hydrogens (tertiary/aromatic N) is 2. The van der Waals surface area contributed by atoms with E-state index in [2.05, 4.69) is 36.5 Å². The summed E-state index contributed by atoms with van der Waals surface area (Å²) in [6.07, 6.45) is 2.34. The molecule has 146 valence electrons. The van der Waals surface area contributed by atoms with Crippen LogP contribution in [0.1, 0.15) is 47.9 Å². The van der Waals surface area contributed by atoms with Crippen LogP contribution in [0.3, 0.4) is 0 Å². The number of rotatable bonds is 5. The van der Waals surface area contributed by atoms with Gasteiger partial charge in [0.2, 0.25) is 0 Å². The summed E-state index contributed by atoms with van der Waals surface area (Å²) in [6.45, 7) is 6.77. The number of aryl methyl sites for hydroxylation is 1. The maximum Gasteiger partial charge on any atom is 0.256 e. The molecule has 0 saturated carbocycles. The molecular formula is C18H22Cl2N4O3. The Morgan fingerprint density at radius 1 is 1.19 bits per heavy atom. The van der Waals surface area contributed by atoms with E-state index in [-0.39, 0.29) is 44.1 Å². The first-order chi connectivity index (χ1) is 12.5. The topological polar surface area (TPSA) is 96.2 Å². The molecule has 0 aliphatic carbocycles.